The van der Waals surface area contributed by atoms with Gasteiger partial charge in [0.1, 0.15) is 25.8 Å². The van der Waals surface area contributed by atoms with Crippen molar-refractivity contribution in [2.45, 2.75) is 19.0 Å². The zero-order chi connectivity index (χ0) is 27.1. The highest BCUT2D eigenvalue weighted by atomic mass is 32.2. The van der Waals surface area contributed by atoms with Gasteiger partial charge in [0.2, 0.25) is 21.8 Å². The predicted molar refractivity (Wildman–Crippen MR) is 145 cm³/mol. The van der Waals surface area contributed by atoms with Crippen LogP contribution in [-0.4, -0.2) is 64.2 Å². The van der Waals surface area contributed by atoms with Crippen molar-refractivity contribution in [2.24, 2.45) is 0 Å². The standard InChI is InChI=1S/C28H31N3O6S/c1-29-28(33)24(17-21-9-5-3-6-10-21)30(19-22-11-7-4-8-12-22)27(32)20-31(38(2,34)35)23-13-14-25-26(18-23)37-16-15-36-25/h3-14,18,24H,15-17,19-20H2,1-2H3,(H,29,33)/t24-/m1/s1. The van der Waals surface area contributed by atoms with Crippen LogP contribution in [0, 0.1) is 0 Å². The second-order valence-corrected chi connectivity index (χ2v) is 10.8. The molecule has 0 radical (unpaired) electrons. The summed E-state index contributed by atoms with van der Waals surface area (Å²) in [5.41, 5.74) is 1.95. The number of fused-ring (bicyclic) bond motifs is 1. The lowest BCUT2D eigenvalue weighted by Crippen LogP contribution is -2.52. The molecule has 1 atom stereocenters. The smallest absolute Gasteiger partial charge is 0.244 e. The third-order valence-electron chi connectivity index (χ3n) is 6.21. The van der Waals surface area contributed by atoms with Gasteiger partial charge in [-0.2, -0.15) is 0 Å². The summed E-state index contributed by atoms with van der Waals surface area (Å²) in [7, 11) is -2.35. The number of anilines is 1. The number of amides is 2. The number of hydrogen-bond donors (Lipinski definition) is 1. The first kappa shape index (κ1) is 27.0. The SMILES string of the molecule is CNC(=O)[C@@H](Cc1ccccc1)N(Cc1ccccc1)C(=O)CN(c1ccc2c(c1)OCCO2)S(C)(=O)=O. The maximum atomic E-state index is 13.9. The zero-order valence-corrected chi connectivity index (χ0v) is 22.2. The summed E-state index contributed by atoms with van der Waals surface area (Å²) in [6.07, 6.45) is 1.31. The topological polar surface area (TPSA) is 105 Å². The predicted octanol–water partition coefficient (Wildman–Crippen LogP) is 2.61. The molecule has 9 nitrogen and oxygen atoms in total. The van der Waals surface area contributed by atoms with Crippen molar-refractivity contribution in [2.75, 3.05) is 37.4 Å². The highest BCUT2D eigenvalue weighted by Gasteiger charge is 2.33. The first-order valence-electron chi connectivity index (χ1n) is 12.2. The van der Waals surface area contributed by atoms with Gasteiger partial charge in [-0.25, -0.2) is 8.42 Å². The van der Waals surface area contributed by atoms with Crippen LogP contribution in [0.15, 0.2) is 78.9 Å². The van der Waals surface area contributed by atoms with E-state index in [1.807, 2.05) is 60.7 Å². The van der Waals surface area contributed by atoms with Gasteiger partial charge >= 0.3 is 0 Å². The molecule has 1 aliphatic rings. The van der Waals surface area contributed by atoms with Gasteiger partial charge in [-0.05, 0) is 23.3 Å². The van der Waals surface area contributed by atoms with Crippen LogP contribution in [-0.2, 0) is 32.6 Å². The minimum atomic E-state index is -3.87. The van der Waals surface area contributed by atoms with Crippen molar-refractivity contribution in [1.82, 2.24) is 10.2 Å². The number of nitrogens with one attached hydrogen (secondary N) is 1. The van der Waals surface area contributed by atoms with Crippen molar-refractivity contribution in [3.8, 4) is 11.5 Å². The van der Waals surface area contributed by atoms with E-state index in [2.05, 4.69) is 5.32 Å². The van der Waals surface area contributed by atoms with Crippen LogP contribution in [0.25, 0.3) is 0 Å². The monoisotopic (exact) mass is 537 g/mol. The fraction of sp³-hybridized carbons (Fsp3) is 0.286. The quantitative estimate of drug-likeness (QED) is 0.426. The number of likely N-dealkylation sites (N-methyl/N-ethyl adjacent to an activating group) is 1. The molecule has 10 heteroatoms. The Balaban J connectivity index is 1.69. The van der Waals surface area contributed by atoms with Crippen molar-refractivity contribution >= 4 is 27.5 Å². The van der Waals surface area contributed by atoms with E-state index >= 15 is 0 Å². The van der Waals surface area contributed by atoms with Gasteiger partial charge in [-0.3, -0.25) is 13.9 Å². The maximum absolute atomic E-state index is 13.9. The molecule has 3 aromatic carbocycles. The number of ether oxygens (including phenoxy) is 2. The maximum Gasteiger partial charge on any atom is 0.244 e. The molecule has 0 saturated carbocycles. The average molecular weight is 538 g/mol. The average Bonchev–Trinajstić information content (AvgIpc) is 2.93. The normalized spacial score (nSPS) is 13.3. The van der Waals surface area contributed by atoms with Crippen LogP contribution in [0.3, 0.4) is 0 Å². The van der Waals surface area contributed by atoms with E-state index in [9.17, 15) is 18.0 Å². The lowest BCUT2D eigenvalue weighted by Gasteiger charge is -2.33. The Morgan fingerprint density at radius 2 is 1.50 bits per heavy atom. The minimum absolute atomic E-state index is 0.128. The van der Waals surface area contributed by atoms with Crippen LogP contribution < -0.4 is 19.1 Å². The van der Waals surface area contributed by atoms with Crippen molar-refractivity contribution in [3.63, 3.8) is 0 Å². The van der Waals surface area contributed by atoms with E-state index in [1.165, 1.54) is 11.9 Å². The molecule has 2 amide bonds. The van der Waals surface area contributed by atoms with Crippen LogP contribution in [0.1, 0.15) is 11.1 Å². The van der Waals surface area contributed by atoms with E-state index in [-0.39, 0.29) is 24.6 Å². The number of hydrogen-bond acceptors (Lipinski definition) is 6. The van der Waals surface area contributed by atoms with Gasteiger partial charge < -0.3 is 19.7 Å². The molecule has 1 N–H and O–H groups in total. The zero-order valence-electron chi connectivity index (χ0n) is 21.4. The molecule has 1 aliphatic heterocycles. The number of nitrogens with zero attached hydrogens (tertiary/aromatic N) is 2. The van der Waals surface area contributed by atoms with E-state index in [1.54, 1.807) is 18.2 Å². The molecule has 38 heavy (non-hydrogen) atoms. The summed E-state index contributed by atoms with van der Waals surface area (Å²) < 4.78 is 37.9. The van der Waals surface area contributed by atoms with Crippen molar-refractivity contribution < 1.29 is 27.5 Å². The Morgan fingerprint density at radius 1 is 0.895 bits per heavy atom. The fourth-order valence-electron chi connectivity index (χ4n) is 4.30. The summed E-state index contributed by atoms with van der Waals surface area (Å²) in [5, 5.41) is 2.66. The molecule has 200 valence electrons. The first-order valence-corrected chi connectivity index (χ1v) is 14.1. The Morgan fingerprint density at radius 3 is 2.11 bits per heavy atom. The van der Waals surface area contributed by atoms with Gasteiger partial charge in [-0.15, -0.1) is 0 Å². The summed E-state index contributed by atoms with van der Waals surface area (Å²) in [6, 6.07) is 22.5. The Kier molecular flexibility index (Phi) is 8.52. The molecule has 3 aromatic rings. The Hall–Kier alpha value is -4.05. The van der Waals surface area contributed by atoms with Crippen LogP contribution >= 0.6 is 0 Å². The molecule has 0 saturated heterocycles. The van der Waals surface area contributed by atoms with Crippen LogP contribution in [0.4, 0.5) is 5.69 Å². The number of sulfonamides is 1. The summed E-state index contributed by atoms with van der Waals surface area (Å²) in [6.45, 7) is 0.376. The molecule has 0 fully saturated rings. The van der Waals surface area contributed by atoms with Crippen molar-refractivity contribution in [1.29, 1.82) is 0 Å². The van der Waals surface area contributed by atoms with Gasteiger partial charge in [0, 0.05) is 26.1 Å². The lowest BCUT2D eigenvalue weighted by atomic mass is 10.0. The van der Waals surface area contributed by atoms with Gasteiger partial charge in [0.05, 0.1) is 11.9 Å². The van der Waals surface area contributed by atoms with E-state index in [0.29, 0.717) is 24.7 Å². The molecule has 0 aliphatic carbocycles. The third kappa shape index (κ3) is 6.63. The molecule has 4 rings (SSSR count). The van der Waals surface area contributed by atoms with E-state index in [0.717, 1.165) is 21.7 Å². The molecule has 0 aromatic heterocycles. The fourth-order valence-corrected chi connectivity index (χ4v) is 5.14. The number of rotatable bonds is 10. The third-order valence-corrected chi connectivity index (χ3v) is 7.35. The van der Waals surface area contributed by atoms with Gasteiger partial charge in [-0.1, -0.05) is 60.7 Å². The molecule has 1 heterocycles. The van der Waals surface area contributed by atoms with Gasteiger partial charge in [0.25, 0.3) is 0 Å². The van der Waals surface area contributed by atoms with Crippen molar-refractivity contribution in [3.05, 3.63) is 90.0 Å². The molecule has 0 bridgehead atoms. The lowest BCUT2D eigenvalue weighted by molar-refractivity contribution is -0.139. The number of benzene rings is 3. The second-order valence-electron chi connectivity index (χ2n) is 8.92. The van der Waals surface area contributed by atoms with E-state index < -0.39 is 28.5 Å². The Bertz CT molecular complexity index is 1370. The van der Waals surface area contributed by atoms with Crippen LogP contribution in [0.5, 0.6) is 11.5 Å². The summed E-state index contributed by atoms with van der Waals surface area (Å²) in [5.74, 6) is 0.0541. The van der Waals surface area contributed by atoms with Gasteiger partial charge in [0.15, 0.2) is 11.5 Å². The minimum Gasteiger partial charge on any atom is -0.486 e. The molecule has 0 spiro atoms. The molecular weight excluding hydrogens is 506 g/mol. The summed E-state index contributed by atoms with van der Waals surface area (Å²) in [4.78, 5) is 28.4. The van der Waals surface area contributed by atoms with E-state index in [4.69, 9.17) is 9.47 Å². The Labute approximate surface area is 223 Å². The highest BCUT2D eigenvalue weighted by molar-refractivity contribution is 7.92. The largest absolute Gasteiger partial charge is 0.486 e. The number of carbonyl (C=O) groups excluding carboxylic acids is 2. The first-order chi connectivity index (χ1) is 18.3. The second kappa shape index (κ2) is 12.0. The number of carbonyl (C=O) groups is 2. The molecule has 0 unspecified atom stereocenters. The summed E-state index contributed by atoms with van der Waals surface area (Å²) >= 11 is 0. The molecular formula is C28H31N3O6S. The van der Waals surface area contributed by atoms with Crippen LogP contribution in [0.2, 0.25) is 0 Å². The highest BCUT2D eigenvalue weighted by Crippen LogP contribution is 2.34.